The molecule has 0 radical (unpaired) electrons. The van der Waals surface area contributed by atoms with Gasteiger partial charge in [0, 0.05) is 16.8 Å². The van der Waals surface area contributed by atoms with Crippen molar-refractivity contribution >= 4 is 17.5 Å². The summed E-state index contributed by atoms with van der Waals surface area (Å²) in [6.07, 6.45) is -1.08. The van der Waals surface area contributed by atoms with Crippen LogP contribution in [0.3, 0.4) is 0 Å². The lowest BCUT2D eigenvalue weighted by molar-refractivity contribution is 0.0288. The summed E-state index contributed by atoms with van der Waals surface area (Å²) in [6.45, 7) is 6.25. The van der Waals surface area contributed by atoms with E-state index in [9.17, 15) is 18.8 Å². The minimum Gasteiger partial charge on any atom is -0.449 e. The highest BCUT2D eigenvalue weighted by Gasteiger charge is 2.27. The van der Waals surface area contributed by atoms with E-state index in [-0.39, 0.29) is 23.1 Å². The van der Waals surface area contributed by atoms with Crippen LogP contribution in [0.4, 0.5) is 4.39 Å². The van der Waals surface area contributed by atoms with E-state index in [1.807, 2.05) is 0 Å². The zero-order valence-corrected chi connectivity index (χ0v) is 16.5. The summed E-state index contributed by atoms with van der Waals surface area (Å²) in [5, 5.41) is 0. The second-order valence-corrected chi connectivity index (χ2v) is 6.76. The number of hydrogen-bond donors (Lipinski definition) is 1. The first-order valence-electron chi connectivity index (χ1n) is 9.00. The fraction of sp³-hybridized carbons (Fsp3) is 0.227. The van der Waals surface area contributed by atoms with Gasteiger partial charge in [0.2, 0.25) is 11.5 Å². The molecule has 0 spiro atoms. The number of carbonyl (C=O) groups excluding carboxylic acids is 3. The number of ether oxygens (including phenoxy) is 1. The van der Waals surface area contributed by atoms with Crippen molar-refractivity contribution in [1.82, 2.24) is 4.98 Å². The zero-order valence-electron chi connectivity index (χ0n) is 16.5. The molecule has 0 amide bonds. The van der Waals surface area contributed by atoms with Crippen LogP contribution in [0, 0.1) is 19.7 Å². The summed E-state index contributed by atoms with van der Waals surface area (Å²) in [7, 11) is 0. The number of hydrogen-bond acceptors (Lipinski definition) is 5. The highest BCUT2D eigenvalue weighted by Crippen LogP contribution is 2.24. The summed E-state index contributed by atoms with van der Waals surface area (Å²) in [6, 6.07) is 8.61. The lowest BCUT2D eigenvalue weighted by atomic mass is 10.0. The molecule has 0 aliphatic rings. The fourth-order valence-corrected chi connectivity index (χ4v) is 3.22. The molecule has 2 heterocycles. The number of Topliss-reactive ketones (excluding diaryl/α,β-unsaturated/α-hetero) is 2. The van der Waals surface area contributed by atoms with Crippen LogP contribution in [0.2, 0.25) is 0 Å². The van der Waals surface area contributed by atoms with Crippen LogP contribution in [0.5, 0.6) is 0 Å². The molecule has 0 bridgehead atoms. The topological polar surface area (TPSA) is 89.4 Å². The second kappa shape index (κ2) is 7.87. The van der Waals surface area contributed by atoms with E-state index in [1.165, 1.54) is 44.2 Å². The predicted octanol–water partition coefficient (Wildman–Crippen LogP) is 4.66. The molecule has 2 aromatic heterocycles. The number of aryl methyl sites for hydroxylation is 1. The van der Waals surface area contributed by atoms with Gasteiger partial charge in [0.1, 0.15) is 11.6 Å². The highest BCUT2D eigenvalue weighted by atomic mass is 19.1. The molecule has 1 N–H and O–H groups in total. The van der Waals surface area contributed by atoms with E-state index in [2.05, 4.69) is 4.98 Å². The number of H-pyrrole nitrogens is 1. The van der Waals surface area contributed by atoms with Crippen LogP contribution in [0.25, 0.3) is 11.3 Å². The van der Waals surface area contributed by atoms with Gasteiger partial charge in [-0.3, -0.25) is 9.59 Å². The van der Waals surface area contributed by atoms with E-state index >= 15 is 0 Å². The Bertz CT molecular complexity index is 1090. The van der Waals surface area contributed by atoms with Gasteiger partial charge in [-0.05, 0) is 69.7 Å². The number of ketones is 2. The van der Waals surface area contributed by atoms with Crippen molar-refractivity contribution in [2.45, 2.75) is 33.8 Å². The summed E-state index contributed by atoms with van der Waals surface area (Å²) in [5.74, 6) is -1.48. The number of carbonyl (C=O) groups is 3. The third-order valence-corrected chi connectivity index (χ3v) is 4.62. The summed E-state index contributed by atoms with van der Waals surface area (Å²) in [4.78, 5) is 39.7. The molecule has 0 saturated carbocycles. The van der Waals surface area contributed by atoms with Crippen LogP contribution in [0.1, 0.15) is 56.5 Å². The van der Waals surface area contributed by atoms with Crippen molar-refractivity contribution in [3.05, 3.63) is 70.5 Å². The molecule has 0 unspecified atom stereocenters. The van der Waals surface area contributed by atoms with Gasteiger partial charge in [0.15, 0.2) is 11.9 Å². The van der Waals surface area contributed by atoms with Crippen molar-refractivity contribution < 1.29 is 27.9 Å². The van der Waals surface area contributed by atoms with E-state index in [1.54, 1.807) is 19.9 Å². The van der Waals surface area contributed by atoms with Gasteiger partial charge in [-0.2, -0.15) is 0 Å². The van der Waals surface area contributed by atoms with Crippen LogP contribution in [0.15, 0.2) is 40.8 Å². The van der Waals surface area contributed by atoms with Crippen molar-refractivity contribution in [3.63, 3.8) is 0 Å². The summed E-state index contributed by atoms with van der Waals surface area (Å²) < 4.78 is 23.7. The van der Waals surface area contributed by atoms with E-state index in [0.29, 0.717) is 28.1 Å². The van der Waals surface area contributed by atoms with Crippen molar-refractivity contribution in [2.75, 3.05) is 0 Å². The van der Waals surface area contributed by atoms with Gasteiger partial charge in [-0.1, -0.05) is 0 Å². The molecule has 1 aromatic carbocycles. The van der Waals surface area contributed by atoms with Gasteiger partial charge in [0.25, 0.3) is 0 Å². The minimum absolute atomic E-state index is 0.0761. The molecule has 3 aromatic rings. The van der Waals surface area contributed by atoms with Crippen LogP contribution < -0.4 is 0 Å². The maximum absolute atomic E-state index is 13.0. The Kier molecular flexibility index (Phi) is 5.50. The van der Waals surface area contributed by atoms with E-state index in [0.717, 1.165) is 0 Å². The molecule has 0 saturated heterocycles. The molecule has 3 rings (SSSR count). The first kappa shape index (κ1) is 20.3. The summed E-state index contributed by atoms with van der Waals surface area (Å²) >= 11 is 0. The average molecular weight is 397 g/mol. The van der Waals surface area contributed by atoms with Gasteiger partial charge >= 0.3 is 5.97 Å². The van der Waals surface area contributed by atoms with Crippen molar-refractivity contribution in [3.8, 4) is 11.3 Å². The quantitative estimate of drug-likeness (QED) is 0.483. The Balaban J connectivity index is 1.74. The molecule has 0 fully saturated rings. The Hall–Kier alpha value is -3.48. The molecule has 6 nitrogen and oxygen atoms in total. The monoisotopic (exact) mass is 397 g/mol. The molecule has 0 aliphatic heterocycles. The molecule has 0 aliphatic carbocycles. The fourth-order valence-electron chi connectivity index (χ4n) is 3.22. The molecule has 7 heteroatoms. The first-order chi connectivity index (χ1) is 13.7. The smallest absolute Gasteiger partial charge is 0.374 e. The lowest BCUT2D eigenvalue weighted by Crippen LogP contribution is -2.25. The number of furan rings is 1. The summed E-state index contributed by atoms with van der Waals surface area (Å²) in [5.41, 5.74) is 2.41. The number of aromatic nitrogens is 1. The van der Waals surface area contributed by atoms with E-state index in [4.69, 9.17) is 9.15 Å². The number of nitrogens with one attached hydrogen (secondary N) is 1. The molecule has 1 atom stereocenters. The minimum atomic E-state index is -1.08. The van der Waals surface area contributed by atoms with Gasteiger partial charge in [-0.25, -0.2) is 9.18 Å². The number of halogens is 1. The molecule has 150 valence electrons. The van der Waals surface area contributed by atoms with Crippen molar-refractivity contribution in [2.24, 2.45) is 0 Å². The van der Waals surface area contributed by atoms with Gasteiger partial charge < -0.3 is 14.1 Å². The van der Waals surface area contributed by atoms with Crippen LogP contribution >= 0.6 is 0 Å². The number of rotatable bonds is 6. The molecule has 29 heavy (non-hydrogen) atoms. The Morgan fingerprint density at radius 2 is 1.72 bits per heavy atom. The SMILES string of the molecule is CC(=O)c1c(C)[nH]c(C(=O)[C@@H](C)OC(=O)c2ccc(-c3ccc(F)cc3)o2)c1C. The maximum atomic E-state index is 13.0. The second-order valence-electron chi connectivity index (χ2n) is 6.76. The third kappa shape index (κ3) is 4.03. The normalized spacial score (nSPS) is 11.9. The lowest BCUT2D eigenvalue weighted by Gasteiger charge is -2.11. The van der Waals surface area contributed by atoms with E-state index < -0.39 is 17.9 Å². The Labute approximate surface area is 166 Å². The van der Waals surface area contributed by atoms with Gasteiger partial charge in [0.05, 0.1) is 5.69 Å². The molecular formula is C22H20FNO5. The standard InChI is InChI=1S/C22H20FNO5/c1-11-19(13(3)25)12(2)24-20(11)21(26)14(4)28-22(27)18-10-9-17(29-18)15-5-7-16(23)8-6-15/h5-10,14,24H,1-4H3/t14-/m1/s1. The number of benzene rings is 1. The Morgan fingerprint density at radius 3 is 2.31 bits per heavy atom. The number of esters is 1. The highest BCUT2D eigenvalue weighted by molar-refractivity contribution is 6.05. The number of aromatic amines is 1. The largest absolute Gasteiger partial charge is 0.449 e. The molecular weight excluding hydrogens is 377 g/mol. The predicted molar refractivity (Wildman–Crippen MR) is 104 cm³/mol. The maximum Gasteiger partial charge on any atom is 0.374 e. The van der Waals surface area contributed by atoms with Crippen molar-refractivity contribution in [1.29, 1.82) is 0 Å². The zero-order chi connectivity index (χ0) is 21.3. The van der Waals surface area contributed by atoms with Crippen LogP contribution in [-0.2, 0) is 4.74 Å². The third-order valence-electron chi connectivity index (χ3n) is 4.62. The first-order valence-corrected chi connectivity index (χ1v) is 9.00. The Morgan fingerprint density at radius 1 is 1.07 bits per heavy atom. The van der Waals surface area contributed by atoms with Crippen LogP contribution in [-0.4, -0.2) is 28.6 Å². The average Bonchev–Trinajstić information content (AvgIpc) is 3.26. The van der Waals surface area contributed by atoms with Gasteiger partial charge in [-0.15, -0.1) is 0 Å².